The fourth-order valence-electron chi connectivity index (χ4n) is 0. The van der Waals surface area contributed by atoms with Crippen LogP contribution in [0.4, 0.5) is 0 Å². The molecule has 6 heavy (non-hydrogen) atoms. The Bertz CT molecular complexity index is 44.1. The summed E-state index contributed by atoms with van der Waals surface area (Å²) in [6.45, 7) is -0.778. The number of hydrogen-bond acceptors (Lipinski definition) is 2. The fourth-order valence-corrected chi connectivity index (χ4v) is 0. The molecule has 0 heterocycles. The highest BCUT2D eigenvalue weighted by Gasteiger charge is 1.82. The molecule has 0 aromatic rings. The van der Waals surface area contributed by atoms with Crippen molar-refractivity contribution >= 4 is 19.5 Å². The molecule has 2 N–H and O–H groups in total. The van der Waals surface area contributed by atoms with Crippen LogP contribution in [0.25, 0.3) is 0 Å². The van der Waals surface area contributed by atoms with E-state index in [9.17, 15) is 0 Å². The lowest BCUT2D eigenvalue weighted by atomic mass is 10.8. The second-order valence-corrected chi connectivity index (χ2v) is 0.552. The highest BCUT2D eigenvalue weighted by atomic mass is 32.1. The molecule has 0 unspecified atom stereocenters. The van der Waals surface area contributed by atoms with Crippen LogP contribution in [0.15, 0.2) is 0 Å². The molecule has 0 fully saturated rings. The van der Waals surface area contributed by atoms with E-state index in [0.717, 1.165) is 0 Å². The normalized spacial score (nSPS) is 6.17. The van der Waals surface area contributed by atoms with Gasteiger partial charge in [0.05, 0.1) is 0 Å². The van der Waals surface area contributed by atoms with E-state index in [1.165, 1.54) is 0 Å². The average Bonchev–Trinajstić information content (AvgIpc) is 1.38. The average molecular weight is 108 g/mol. The van der Waals surface area contributed by atoms with Crippen molar-refractivity contribution in [1.29, 1.82) is 0 Å². The molecule has 0 aliphatic rings. The van der Waals surface area contributed by atoms with Gasteiger partial charge in [0.2, 0.25) is 0 Å². The highest BCUT2D eigenvalue weighted by Crippen LogP contribution is 1.48. The van der Waals surface area contributed by atoms with E-state index in [1.807, 2.05) is 0 Å². The van der Waals surface area contributed by atoms with E-state index >= 15 is 0 Å². The molecule has 0 rings (SSSR count). The Morgan fingerprint density at radius 2 is 1.83 bits per heavy atom. The van der Waals surface area contributed by atoms with Gasteiger partial charge in [-0.25, -0.2) is 4.79 Å². The van der Waals surface area contributed by atoms with Crippen molar-refractivity contribution in [3.63, 3.8) is 0 Å². The SMILES string of the molecule is O=C(O)CO.[S]. The molecular weight excluding hydrogens is 104 g/mol. The summed E-state index contributed by atoms with van der Waals surface area (Å²) in [4.78, 5) is 9.12. The fraction of sp³-hybridized carbons (Fsp3) is 0.500. The van der Waals surface area contributed by atoms with Crippen LogP contribution in [0, 0.1) is 0 Å². The monoisotopic (exact) mass is 108 g/mol. The van der Waals surface area contributed by atoms with Crippen LogP contribution in [0.5, 0.6) is 0 Å². The summed E-state index contributed by atoms with van der Waals surface area (Å²) < 4.78 is 0. The number of rotatable bonds is 1. The van der Waals surface area contributed by atoms with Crippen LogP contribution in [-0.4, -0.2) is 22.8 Å². The van der Waals surface area contributed by atoms with Gasteiger partial charge in [0.15, 0.2) is 0 Å². The Kier molecular flexibility index (Phi) is 7.36. The minimum Gasteiger partial charge on any atom is -0.480 e. The van der Waals surface area contributed by atoms with Gasteiger partial charge in [0.25, 0.3) is 0 Å². The van der Waals surface area contributed by atoms with Gasteiger partial charge in [0, 0.05) is 13.5 Å². The Labute approximate surface area is 42.0 Å². The van der Waals surface area contributed by atoms with Crippen LogP contribution in [-0.2, 0) is 4.79 Å². The number of carbonyl (C=O) groups is 1. The van der Waals surface area contributed by atoms with Gasteiger partial charge in [-0.15, -0.1) is 0 Å². The summed E-state index contributed by atoms with van der Waals surface area (Å²) in [5, 5.41) is 15.0. The first-order valence-corrected chi connectivity index (χ1v) is 1.10. The second-order valence-electron chi connectivity index (χ2n) is 0.552. The molecule has 2 radical (unpaired) electrons. The Balaban J connectivity index is 0. The largest absolute Gasteiger partial charge is 0.480 e. The van der Waals surface area contributed by atoms with Crippen molar-refractivity contribution in [2.24, 2.45) is 0 Å². The van der Waals surface area contributed by atoms with Gasteiger partial charge in [-0.3, -0.25) is 0 Å². The lowest BCUT2D eigenvalue weighted by Crippen LogP contribution is -1.98. The predicted molar refractivity (Wildman–Crippen MR) is 22.3 cm³/mol. The maximum absolute atomic E-state index is 9.12. The van der Waals surface area contributed by atoms with E-state index in [-0.39, 0.29) is 13.5 Å². The number of carboxylic acids is 1. The Morgan fingerprint density at radius 1 is 1.67 bits per heavy atom. The van der Waals surface area contributed by atoms with Gasteiger partial charge in [-0.2, -0.15) is 0 Å². The lowest BCUT2D eigenvalue weighted by Gasteiger charge is -1.72. The van der Waals surface area contributed by atoms with Crippen molar-refractivity contribution in [1.82, 2.24) is 0 Å². The number of carboxylic acid groups (broad SMARTS) is 1. The Hall–Kier alpha value is -0.220. The first-order chi connectivity index (χ1) is 2.27. The summed E-state index contributed by atoms with van der Waals surface area (Å²) in [6, 6.07) is 0. The molecule has 0 saturated heterocycles. The molecule has 0 aromatic heterocycles. The van der Waals surface area contributed by atoms with Crippen LogP contribution < -0.4 is 0 Å². The highest BCUT2D eigenvalue weighted by molar-refractivity contribution is 7.59. The summed E-state index contributed by atoms with van der Waals surface area (Å²) in [5.74, 6) is -1.19. The molecule has 0 aliphatic heterocycles. The number of aliphatic hydroxyl groups is 1. The van der Waals surface area contributed by atoms with Crippen molar-refractivity contribution in [2.75, 3.05) is 6.61 Å². The molecule has 0 saturated carbocycles. The minimum atomic E-state index is -1.19. The van der Waals surface area contributed by atoms with Gasteiger partial charge >= 0.3 is 5.97 Å². The van der Waals surface area contributed by atoms with Crippen LogP contribution in [0.1, 0.15) is 0 Å². The molecule has 0 aliphatic carbocycles. The Morgan fingerprint density at radius 3 is 1.83 bits per heavy atom. The molecule has 3 nitrogen and oxygen atoms in total. The first-order valence-electron chi connectivity index (χ1n) is 1.10. The van der Waals surface area contributed by atoms with Crippen LogP contribution in [0.2, 0.25) is 0 Å². The topological polar surface area (TPSA) is 57.5 Å². The predicted octanol–water partition coefficient (Wildman–Crippen LogP) is -0.289. The van der Waals surface area contributed by atoms with Gasteiger partial charge in [-0.1, -0.05) is 0 Å². The van der Waals surface area contributed by atoms with E-state index in [0.29, 0.717) is 0 Å². The number of aliphatic carboxylic acids is 1. The lowest BCUT2D eigenvalue weighted by molar-refractivity contribution is -0.140. The van der Waals surface area contributed by atoms with Gasteiger partial charge < -0.3 is 10.2 Å². The third-order valence-corrected chi connectivity index (χ3v) is 0.135. The molecular formula is C2H4O3S. The third kappa shape index (κ3) is 9.22. The molecule has 0 bridgehead atoms. The third-order valence-electron chi connectivity index (χ3n) is 0.135. The number of hydrogen-bond donors (Lipinski definition) is 2. The van der Waals surface area contributed by atoms with Crippen LogP contribution >= 0.6 is 13.5 Å². The smallest absolute Gasteiger partial charge is 0.329 e. The summed E-state index contributed by atoms with van der Waals surface area (Å²) in [5.41, 5.74) is 0. The van der Waals surface area contributed by atoms with Gasteiger partial charge in [0.1, 0.15) is 6.61 Å². The summed E-state index contributed by atoms with van der Waals surface area (Å²) >= 11 is 0. The summed E-state index contributed by atoms with van der Waals surface area (Å²) in [6.07, 6.45) is 0. The second kappa shape index (κ2) is 4.78. The maximum Gasteiger partial charge on any atom is 0.329 e. The van der Waals surface area contributed by atoms with E-state index in [4.69, 9.17) is 15.0 Å². The minimum absolute atomic E-state index is 0. The van der Waals surface area contributed by atoms with Crippen LogP contribution in [0.3, 0.4) is 0 Å². The standard InChI is InChI=1S/C2H4O3.S/c3-1-2(4)5;/h3H,1H2,(H,4,5);. The van der Waals surface area contributed by atoms with Crippen molar-refractivity contribution in [3.8, 4) is 0 Å². The molecule has 0 aromatic carbocycles. The molecule has 36 valence electrons. The quantitative estimate of drug-likeness (QED) is 0.485. The van der Waals surface area contributed by atoms with E-state index < -0.39 is 12.6 Å². The maximum atomic E-state index is 9.12. The zero-order valence-electron chi connectivity index (χ0n) is 2.92. The van der Waals surface area contributed by atoms with Crippen molar-refractivity contribution in [2.45, 2.75) is 0 Å². The zero-order valence-corrected chi connectivity index (χ0v) is 3.73. The van der Waals surface area contributed by atoms with Crippen molar-refractivity contribution < 1.29 is 15.0 Å². The van der Waals surface area contributed by atoms with Gasteiger partial charge in [-0.05, 0) is 0 Å². The van der Waals surface area contributed by atoms with E-state index in [2.05, 4.69) is 0 Å². The molecule has 0 atom stereocenters. The number of aliphatic hydroxyl groups excluding tert-OH is 1. The first kappa shape index (κ1) is 9.24. The molecule has 0 spiro atoms. The van der Waals surface area contributed by atoms with Crippen molar-refractivity contribution in [3.05, 3.63) is 0 Å². The summed E-state index contributed by atoms with van der Waals surface area (Å²) in [7, 11) is 0. The van der Waals surface area contributed by atoms with E-state index in [1.54, 1.807) is 0 Å². The molecule has 0 amide bonds. The zero-order chi connectivity index (χ0) is 4.28. The molecule has 4 heteroatoms.